The normalized spacial score (nSPS) is 14.1. The molecular formula is C25H23NO3. The Balaban J connectivity index is 1.64. The van der Waals surface area contributed by atoms with Crippen molar-refractivity contribution in [2.75, 3.05) is 6.61 Å². The highest BCUT2D eigenvalue weighted by Gasteiger charge is 2.40. The van der Waals surface area contributed by atoms with Gasteiger partial charge in [0.2, 0.25) is 0 Å². The van der Waals surface area contributed by atoms with E-state index in [2.05, 4.69) is 0 Å². The lowest BCUT2D eigenvalue weighted by atomic mass is 10.0. The van der Waals surface area contributed by atoms with Gasteiger partial charge in [0.1, 0.15) is 12.4 Å². The number of aryl methyl sites for hydroxylation is 2. The molecule has 4 nitrogen and oxygen atoms in total. The third-order valence-electron chi connectivity index (χ3n) is 5.33. The van der Waals surface area contributed by atoms with Crippen molar-refractivity contribution < 1.29 is 14.3 Å². The van der Waals surface area contributed by atoms with E-state index >= 15 is 0 Å². The number of amides is 2. The molecule has 0 saturated heterocycles. The lowest BCUT2D eigenvalue weighted by molar-refractivity contribution is 0.0531. The van der Waals surface area contributed by atoms with Crippen molar-refractivity contribution in [1.82, 2.24) is 4.90 Å². The van der Waals surface area contributed by atoms with Gasteiger partial charge in [-0.3, -0.25) is 14.5 Å². The minimum Gasteiger partial charge on any atom is -0.491 e. The number of imide groups is 1. The van der Waals surface area contributed by atoms with E-state index in [9.17, 15) is 9.59 Å². The third-order valence-corrected chi connectivity index (χ3v) is 5.33. The van der Waals surface area contributed by atoms with Gasteiger partial charge in [-0.1, -0.05) is 60.7 Å². The Kier molecular flexibility index (Phi) is 5.17. The van der Waals surface area contributed by atoms with Gasteiger partial charge in [0.25, 0.3) is 11.8 Å². The summed E-state index contributed by atoms with van der Waals surface area (Å²) >= 11 is 0. The van der Waals surface area contributed by atoms with Gasteiger partial charge in [0, 0.05) is 0 Å². The molecule has 1 heterocycles. The van der Waals surface area contributed by atoms with Crippen molar-refractivity contribution in [3.8, 4) is 5.75 Å². The number of hydrogen-bond acceptors (Lipinski definition) is 3. The third kappa shape index (κ3) is 3.66. The Morgan fingerprint density at radius 2 is 1.31 bits per heavy atom. The monoisotopic (exact) mass is 385 g/mol. The number of carbonyl (C=O) groups excluding carboxylic acids is 2. The minimum atomic E-state index is -0.399. The van der Waals surface area contributed by atoms with E-state index in [1.165, 1.54) is 4.90 Å². The van der Waals surface area contributed by atoms with Crippen molar-refractivity contribution >= 4 is 11.8 Å². The minimum absolute atomic E-state index is 0.242. The molecule has 0 radical (unpaired) electrons. The summed E-state index contributed by atoms with van der Waals surface area (Å²) in [5.74, 6) is 0.301. The zero-order valence-corrected chi connectivity index (χ0v) is 16.6. The topological polar surface area (TPSA) is 46.6 Å². The first kappa shape index (κ1) is 18.9. The van der Waals surface area contributed by atoms with Crippen LogP contribution in [0.1, 0.15) is 37.4 Å². The first-order chi connectivity index (χ1) is 14.1. The smallest absolute Gasteiger partial charge is 0.261 e. The fraction of sp³-hybridized carbons (Fsp3) is 0.200. The highest BCUT2D eigenvalue weighted by Crippen LogP contribution is 2.28. The Labute approximate surface area is 170 Å². The number of fused-ring (bicyclic) bond motifs is 1. The lowest BCUT2D eigenvalue weighted by Crippen LogP contribution is -2.44. The lowest BCUT2D eigenvalue weighted by Gasteiger charge is -2.27. The summed E-state index contributed by atoms with van der Waals surface area (Å²) in [4.78, 5) is 27.4. The van der Waals surface area contributed by atoms with E-state index in [1.807, 2.05) is 62.4 Å². The van der Waals surface area contributed by atoms with Gasteiger partial charge in [-0.2, -0.15) is 0 Å². The molecule has 1 aliphatic rings. The van der Waals surface area contributed by atoms with Crippen molar-refractivity contribution in [1.29, 1.82) is 0 Å². The molecule has 146 valence electrons. The maximum absolute atomic E-state index is 13.0. The molecule has 0 N–H and O–H groups in total. The molecule has 0 saturated carbocycles. The van der Waals surface area contributed by atoms with Gasteiger partial charge in [0.15, 0.2) is 0 Å². The van der Waals surface area contributed by atoms with Gasteiger partial charge >= 0.3 is 0 Å². The molecule has 0 bridgehead atoms. The first-order valence-electron chi connectivity index (χ1n) is 9.76. The largest absolute Gasteiger partial charge is 0.491 e. The van der Waals surface area contributed by atoms with Gasteiger partial charge in [-0.25, -0.2) is 0 Å². The Morgan fingerprint density at radius 1 is 0.759 bits per heavy atom. The molecule has 4 rings (SSSR count). The molecule has 0 unspecified atom stereocenters. The molecule has 1 aliphatic heterocycles. The molecule has 0 fully saturated rings. The number of carbonyl (C=O) groups is 2. The van der Waals surface area contributed by atoms with Crippen molar-refractivity contribution in [2.45, 2.75) is 26.3 Å². The zero-order valence-electron chi connectivity index (χ0n) is 16.6. The molecular weight excluding hydrogens is 362 g/mol. The fourth-order valence-electron chi connectivity index (χ4n) is 3.86. The molecule has 2 amide bonds. The van der Waals surface area contributed by atoms with Crippen molar-refractivity contribution in [3.63, 3.8) is 0 Å². The van der Waals surface area contributed by atoms with Gasteiger partial charge in [-0.05, 0) is 49.1 Å². The van der Waals surface area contributed by atoms with Crippen LogP contribution >= 0.6 is 0 Å². The van der Waals surface area contributed by atoms with Crippen molar-refractivity contribution in [2.24, 2.45) is 0 Å². The second-order valence-corrected chi connectivity index (χ2v) is 7.40. The molecule has 0 spiro atoms. The van der Waals surface area contributed by atoms with Crippen LogP contribution < -0.4 is 4.74 Å². The number of benzene rings is 3. The number of ether oxygens (including phenoxy) is 1. The summed E-state index contributed by atoms with van der Waals surface area (Å²) in [5.41, 5.74) is 4.04. The van der Waals surface area contributed by atoms with Crippen LogP contribution in [0.15, 0.2) is 72.8 Å². The molecule has 29 heavy (non-hydrogen) atoms. The molecule has 0 aliphatic carbocycles. The second-order valence-electron chi connectivity index (χ2n) is 7.40. The highest BCUT2D eigenvalue weighted by atomic mass is 16.5. The number of para-hydroxylation sites is 1. The maximum Gasteiger partial charge on any atom is 0.261 e. The van der Waals surface area contributed by atoms with Crippen LogP contribution in [0, 0.1) is 13.8 Å². The summed E-state index contributed by atoms with van der Waals surface area (Å²) in [7, 11) is 0. The van der Waals surface area contributed by atoms with Gasteiger partial charge in [-0.15, -0.1) is 0 Å². The maximum atomic E-state index is 13.0. The van der Waals surface area contributed by atoms with E-state index < -0.39 is 6.04 Å². The summed E-state index contributed by atoms with van der Waals surface area (Å²) < 4.78 is 6.16. The van der Waals surface area contributed by atoms with Crippen LogP contribution in [-0.2, 0) is 6.42 Å². The highest BCUT2D eigenvalue weighted by molar-refractivity contribution is 6.21. The van der Waals surface area contributed by atoms with Crippen molar-refractivity contribution in [3.05, 3.63) is 101 Å². The predicted octanol–water partition coefficient (Wildman–Crippen LogP) is 4.59. The van der Waals surface area contributed by atoms with Crippen LogP contribution in [0.2, 0.25) is 0 Å². The average molecular weight is 385 g/mol. The van der Waals surface area contributed by atoms with Crippen LogP contribution in [-0.4, -0.2) is 29.4 Å². The molecule has 1 atom stereocenters. The summed E-state index contributed by atoms with van der Waals surface area (Å²) in [5, 5.41) is 0. The summed E-state index contributed by atoms with van der Waals surface area (Å²) in [6.45, 7) is 4.24. The van der Waals surface area contributed by atoms with Crippen LogP contribution in [0.4, 0.5) is 0 Å². The number of hydrogen-bond donors (Lipinski definition) is 0. The van der Waals surface area contributed by atoms with E-state index in [1.54, 1.807) is 24.3 Å². The summed E-state index contributed by atoms with van der Waals surface area (Å²) in [6.07, 6.45) is 0.539. The zero-order chi connectivity index (χ0) is 20.4. The predicted molar refractivity (Wildman–Crippen MR) is 112 cm³/mol. The SMILES string of the molecule is Cc1cccc(C)c1OC[C@@H](Cc1ccccc1)N1C(=O)c2ccccc2C1=O. The Morgan fingerprint density at radius 3 is 1.90 bits per heavy atom. The number of rotatable bonds is 6. The molecule has 4 heteroatoms. The standard InChI is InChI=1S/C25H23NO3/c1-17-9-8-10-18(2)23(17)29-16-20(15-19-11-4-3-5-12-19)26-24(27)21-13-6-7-14-22(21)25(26)28/h3-14,20H,15-16H2,1-2H3/t20-/m1/s1. The van der Waals surface area contributed by atoms with Crippen LogP contribution in [0.25, 0.3) is 0 Å². The van der Waals surface area contributed by atoms with Crippen LogP contribution in [0.3, 0.4) is 0 Å². The van der Waals surface area contributed by atoms with E-state index in [-0.39, 0.29) is 18.4 Å². The quantitative estimate of drug-likeness (QED) is 0.583. The molecule has 0 aromatic heterocycles. The Bertz CT molecular complexity index is 1000. The summed E-state index contributed by atoms with van der Waals surface area (Å²) in [6, 6.07) is 22.5. The van der Waals surface area contributed by atoms with Gasteiger partial charge in [0.05, 0.1) is 17.2 Å². The molecule has 3 aromatic carbocycles. The van der Waals surface area contributed by atoms with Gasteiger partial charge < -0.3 is 4.74 Å². The average Bonchev–Trinajstić information content (AvgIpc) is 2.98. The van der Waals surface area contributed by atoms with E-state index in [0.29, 0.717) is 17.5 Å². The van der Waals surface area contributed by atoms with E-state index in [0.717, 1.165) is 22.4 Å². The fourth-order valence-corrected chi connectivity index (χ4v) is 3.86. The number of nitrogens with zero attached hydrogens (tertiary/aromatic N) is 1. The molecule has 3 aromatic rings. The Hall–Kier alpha value is -3.40. The first-order valence-corrected chi connectivity index (χ1v) is 9.76. The second kappa shape index (κ2) is 7.92. The van der Waals surface area contributed by atoms with E-state index in [4.69, 9.17) is 4.74 Å². The van der Waals surface area contributed by atoms with Crippen LogP contribution in [0.5, 0.6) is 5.75 Å².